The monoisotopic (exact) mass is 321 g/mol. The number of guanidine groups is 2. The van der Waals surface area contributed by atoms with Gasteiger partial charge < -0.3 is 16.6 Å². The van der Waals surface area contributed by atoms with Crippen molar-refractivity contribution in [1.82, 2.24) is 0 Å². The topological polar surface area (TPSA) is 100 Å². The van der Waals surface area contributed by atoms with Gasteiger partial charge in [-0.1, -0.05) is 18.0 Å². The van der Waals surface area contributed by atoms with E-state index in [4.69, 9.17) is 23.1 Å². The van der Waals surface area contributed by atoms with Gasteiger partial charge in [0.25, 0.3) is 0 Å². The van der Waals surface area contributed by atoms with Crippen LogP contribution in [-0.4, -0.2) is 22.7 Å². The van der Waals surface area contributed by atoms with E-state index in [2.05, 4.69) is 9.98 Å². The Morgan fingerprint density at radius 2 is 1.91 bits per heavy atom. The maximum Gasteiger partial charge on any atom is 0.220 e. The van der Waals surface area contributed by atoms with Gasteiger partial charge in [0.05, 0.1) is 5.69 Å². The molecule has 1 fully saturated rings. The lowest BCUT2D eigenvalue weighted by atomic mass is 9.87. The van der Waals surface area contributed by atoms with Gasteiger partial charge in [0.2, 0.25) is 11.9 Å². The standard InChI is InChI=1S/C15H20ClN5O/c1-9-7-12(22)11(8-10(9)16)21-14(18)19-13(17)20-15(21)5-3-2-4-6-15/h7-8,22H,2-6H2,1H3,(H4,17,18,19,20). The number of nitrogens with two attached hydrogens (primary N) is 2. The summed E-state index contributed by atoms with van der Waals surface area (Å²) in [6, 6.07) is 3.34. The van der Waals surface area contributed by atoms with Crippen LogP contribution in [0.5, 0.6) is 5.75 Å². The molecule has 0 atom stereocenters. The van der Waals surface area contributed by atoms with Crippen LogP contribution in [0.2, 0.25) is 5.02 Å². The maximum absolute atomic E-state index is 10.4. The van der Waals surface area contributed by atoms with Crippen LogP contribution in [0.1, 0.15) is 37.7 Å². The molecule has 5 N–H and O–H groups in total. The molecule has 1 heterocycles. The molecule has 0 bridgehead atoms. The molecule has 0 aromatic heterocycles. The zero-order valence-corrected chi connectivity index (χ0v) is 13.3. The van der Waals surface area contributed by atoms with Gasteiger partial charge in [-0.25, -0.2) is 4.99 Å². The summed E-state index contributed by atoms with van der Waals surface area (Å²) in [4.78, 5) is 10.4. The van der Waals surface area contributed by atoms with Crippen LogP contribution in [0.25, 0.3) is 0 Å². The highest BCUT2D eigenvalue weighted by molar-refractivity contribution is 6.31. The van der Waals surface area contributed by atoms with Crippen LogP contribution in [0.4, 0.5) is 5.69 Å². The molecule has 7 heteroatoms. The summed E-state index contributed by atoms with van der Waals surface area (Å²) in [5.41, 5.74) is 12.7. The molecular weight excluding hydrogens is 302 g/mol. The Balaban J connectivity index is 2.14. The van der Waals surface area contributed by atoms with E-state index in [-0.39, 0.29) is 17.7 Å². The van der Waals surface area contributed by atoms with Crippen molar-refractivity contribution >= 4 is 29.2 Å². The van der Waals surface area contributed by atoms with E-state index in [1.165, 1.54) is 0 Å². The zero-order chi connectivity index (χ0) is 15.9. The molecular formula is C15H20ClN5O. The Labute approximate surface area is 134 Å². The molecule has 0 saturated heterocycles. The lowest BCUT2D eigenvalue weighted by molar-refractivity contribution is 0.303. The summed E-state index contributed by atoms with van der Waals surface area (Å²) in [7, 11) is 0. The van der Waals surface area contributed by atoms with Gasteiger partial charge >= 0.3 is 0 Å². The van der Waals surface area contributed by atoms with Crippen molar-refractivity contribution in [2.45, 2.75) is 44.7 Å². The number of aliphatic imine (C=N–C) groups is 2. The number of aryl methyl sites for hydroxylation is 1. The number of aromatic hydroxyl groups is 1. The first-order chi connectivity index (χ1) is 10.4. The summed E-state index contributed by atoms with van der Waals surface area (Å²) in [5.74, 6) is 0.540. The minimum absolute atomic E-state index is 0.112. The smallest absolute Gasteiger partial charge is 0.220 e. The van der Waals surface area contributed by atoms with Crippen molar-refractivity contribution in [3.8, 4) is 5.75 Å². The van der Waals surface area contributed by atoms with Crippen LogP contribution in [0.15, 0.2) is 22.1 Å². The number of hydrogen-bond acceptors (Lipinski definition) is 6. The third-order valence-corrected chi connectivity index (χ3v) is 4.76. The summed E-state index contributed by atoms with van der Waals surface area (Å²) < 4.78 is 0. The Kier molecular flexibility index (Phi) is 3.64. The lowest BCUT2D eigenvalue weighted by Crippen LogP contribution is -2.58. The summed E-state index contributed by atoms with van der Waals surface area (Å²) in [6.45, 7) is 1.84. The lowest BCUT2D eigenvalue weighted by Gasteiger charge is -2.45. The quantitative estimate of drug-likeness (QED) is 0.739. The third-order valence-electron chi connectivity index (χ3n) is 4.35. The van der Waals surface area contributed by atoms with Crippen molar-refractivity contribution in [2.75, 3.05) is 4.90 Å². The SMILES string of the molecule is Cc1cc(O)c(N2C(N)=NC(N)=NC23CCCCC3)cc1Cl. The Hall–Kier alpha value is -1.95. The predicted octanol–water partition coefficient (Wildman–Crippen LogP) is 2.46. The molecule has 2 aliphatic rings. The first-order valence-electron chi connectivity index (χ1n) is 7.42. The van der Waals surface area contributed by atoms with Crippen LogP contribution in [0.3, 0.4) is 0 Å². The minimum atomic E-state index is -0.579. The fourth-order valence-corrected chi connectivity index (χ4v) is 3.46. The summed E-state index contributed by atoms with van der Waals surface area (Å²) in [5, 5.41) is 10.9. The zero-order valence-electron chi connectivity index (χ0n) is 12.5. The molecule has 1 aromatic rings. The van der Waals surface area contributed by atoms with Crippen molar-refractivity contribution in [3.05, 3.63) is 22.7 Å². The predicted molar refractivity (Wildman–Crippen MR) is 89.4 cm³/mol. The molecule has 6 nitrogen and oxygen atoms in total. The van der Waals surface area contributed by atoms with Crippen LogP contribution >= 0.6 is 11.6 Å². The normalized spacial score (nSPS) is 20.7. The Bertz CT molecular complexity index is 664. The highest BCUT2D eigenvalue weighted by Gasteiger charge is 2.43. The highest BCUT2D eigenvalue weighted by Crippen LogP contribution is 2.43. The first-order valence-corrected chi connectivity index (χ1v) is 7.79. The van der Waals surface area contributed by atoms with Gasteiger partial charge in [-0.3, -0.25) is 4.90 Å². The number of rotatable bonds is 1. The average molecular weight is 322 g/mol. The van der Waals surface area contributed by atoms with Gasteiger partial charge in [0.15, 0.2) is 0 Å². The molecule has 0 radical (unpaired) electrons. The molecule has 1 spiro atoms. The van der Waals surface area contributed by atoms with Gasteiger partial charge in [-0.15, -0.1) is 0 Å². The van der Waals surface area contributed by atoms with Gasteiger partial charge in [-0.2, -0.15) is 4.99 Å². The molecule has 3 rings (SSSR count). The Morgan fingerprint density at radius 1 is 1.23 bits per heavy atom. The number of benzene rings is 1. The maximum atomic E-state index is 10.4. The highest BCUT2D eigenvalue weighted by atomic mass is 35.5. The third kappa shape index (κ3) is 2.37. The van der Waals surface area contributed by atoms with Crippen molar-refractivity contribution in [1.29, 1.82) is 0 Å². The number of phenolic OH excluding ortho intramolecular Hbond substituents is 1. The van der Waals surface area contributed by atoms with Crippen LogP contribution in [-0.2, 0) is 0 Å². The van der Waals surface area contributed by atoms with E-state index >= 15 is 0 Å². The van der Waals surface area contributed by atoms with Crippen molar-refractivity contribution in [3.63, 3.8) is 0 Å². The molecule has 1 aliphatic carbocycles. The molecule has 1 aliphatic heterocycles. The number of nitrogens with zero attached hydrogens (tertiary/aromatic N) is 3. The number of halogens is 1. The summed E-state index contributed by atoms with van der Waals surface area (Å²) in [6.07, 6.45) is 4.84. The van der Waals surface area contributed by atoms with E-state index in [0.29, 0.717) is 10.7 Å². The summed E-state index contributed by atoms with van der Waals surface area (Å²) >= 11 is 6.23. The van der Waals surface area contributed by atoms with E-state index in [1.54, 1.807) is 17.0 Å². The number of hydrogen-bond donors (Lipinski definition) is 3. The number of anilines is 1. The van der Waals surface area contributed by atoms with Gasteiger partial charge in [0.1, 0.15) is 11.4 Å². The van der Waals surface area contributed by atoms with E-state index in [1.807, 2.05) is 6.92 Å². The van der Waals surface area contributed by atoms with Gasteiger partial charge in [0, 0.05) is 5.02 Å². The fraction of sp³-hybridized carbons (Fsp3) is 0.467. The molecule has 1 aromatic carbocycles. The minimum Gasteiger partial charge on any atom is -0.506 e. The van der Waals surface area contributed by atoms with Crippen molar-refractivity contribution in [2.24, 2.45) is 21.5 Å². The fourth-order valence-electron chi connectivity index (χ4n) is 3.30. The molecule has 0 amide bonds. The van der Waals surface area contributed by atoms with Gasteiger partial charge in [-0.05, 0) is 50.3 Å². The number of phenols is 1. The Morgan fingerprint density at radius 3 is 2.59 bits per heavy atom. The van der Waals surface area contributed by atoms with Crippen molar-refractivity contribution < 1.29 is 5.11 Å². The first kappa shape index (κ1) is 15.0. The second-order valence-corrected chi connectivity index (χ2v) is 6.32. The van der Waals surface area contributed by atoms with Crippen LogP contribution < -0.4 is 16.4 Å². The second kappa shape index (κ2) is 5.35. The average Bonchev–Trinajstić information content (AvgIpc) is 2.44. The molecule has 1 saturated carbocycles. The van der Waals surface area contributed by atoms with E-state index in [9.17, 15) is 5.11 Å². The van der Waals surface area contributed by atoms with E-state index in [0.717, 1.165) is 37.7 Å². The molecule has 0 unspecified atom stereocenters. The second-order valence-electron chi connectivity index (χ2n) is 5.91. The molecule has 118 valence electrons. The molecule has 22 heavy (non-hydrogen) atoms. The van der Waals surface area contributed by atoms with E-state index < -0.39 is 5.66 Å². The van der Waals surface area contributed by atoms with Crippen LogP contribution in [0, 0.1) is 6.92 Å². The largest absolute Gasteiger partial charge is 0.506 e.